The van der Waals surface area contributed by atoms with E-state index in [9.17, 15) is 4.79 Å². The molecule has 0 spiro atoms. The lowest BCUT2D eigenvalue weighted by atomic mass is 10.2. The maximum atomic E-state index is 11.8. The number of nitrogens with zero attached hydrogens (tertiary/aromatic N) is 2. The molecule has 0 bridgehead atoms. The molecule has 0 aliphatic carbocycles. The topological polar surface area (TPSA) is 59.2 Å². The second-order valence-corrected chi connectivity index (χ2v) is 3.21. The predicted molar refractivity (Wildman–Crippen MR) is 66.5 cm³/mol. The number of halogens is 1. The Morgan fingerprint density at radius 3 is 2.94 bits per heavy atom. The number of hydrogen-bond donors (Lipinski definition) is 1. The van der Waals surface area contributed by atoms with Gasteiger partial charge in [-0.05, 0) is 12.1 Å². The van der Waals surface area contributed by atoms with Crippen molar-refractivity contribution in [3.63, 3.8) is 0 Å². The van der Waals surface area contributed by atoms with E-state index < -0.39 is 0 Å². The van der Waals surface area contributed by atoms with Crippen LogP contribution in [0.5, 0.6) is 0 Å². The molecule has 0 saturated heterocycles. The molecule has 1 heterocycles. The first-order chi connectivity index (χ1) is 7.19. The van der Waals surface area contributed by atoms with Crippen LogP contribution in [-0.4, -0.2) is 29.4 Å². The standard InChI is InChI=1S/C11H15N3O.ClH/c1-3-6-14(2)11(15)9-4-5-13-10(7-9)8-12;/h3-5,7H,1,6,8,12H2,2H3;1H. The molecule has 0 aromatic carbocycles. The van der Waals surface area contributed by atoms with Crippen molar-refractivity contribution < 1.29 is 4.79 Å². The van der Waals surface area contributed by atoms with E-state index in [1.54, 1.807) is 36.4 Å². The van der Waals surface area contributed by atoms with Gasteiger partial charge in [-0.2, -0.15) is 0 Å². The highest BCUT2D eigenvalue weighted by Crippen LogP contribution is 2.04. The van der Waals surface area contributed by atoms with E-state index >= 15 is 0 Å². The Balaban J connectivity index is 0.00000225. The minimum absolute atomic E-state index is 0. The highest BCUT2D eigenvalue weighted by atomic mass is 35.5. The van der Waals surface area contributed by atoms with E-state index in [1.165, 1.54) is 0 Å². The van der Waals surface area contributed by atoms with Gasteiger partial charge < -0.3 is 10.6 Å². The molecule has 2 N–H and O–H groups in total. The van der Waals surface area contributed by atoms with Gasteiger partial charge >= 0.3 is 0 Å². The summed E-state index contributed by atoms with van der Waals surface area (Å²) in [6.07, 6.45) is 3.28. The number of amides is 1. The van der Waals surface area contributed by atoms with Gasteiger partial charge in [-0.25, -0.2) is 0 Å². The highest BCUT2D eigenvalue weighted by Gasteiger charge is 2.10. The Kier molecular flexibility index (Phi) is 6.37. The molecular weight excluding hydrogens is 226 g/mol. The van der Waals surface area contributed by atoms with Crippen LogP contribution in [0, 0.1) is 0 Å². The maximum absolute atomic E-state index is 11.8. The van der Waals surface area contributed by atoms with Gasteiger partial charge in [0.05, 0.1) is 5.69 Å². The zero-order chi connectivity index (χ0) is 11.3. The molecule has 1 aromatic rings. The Morgan fingerprint density at radius 2 is 2.38 bits per heavy atom. The molecule has 0 fully saturated rings. The Hall–Kier alpha value is -1.39. The SMILES string of the molecule is C=CCN(C)C(=O)c1ccnc(CN)c1.Cl. The Labute approximate surface area is 102 Å². The van der Waals surface area contributed by atoms with Crippen LogP contribution in [0.25, 0.3) is 0 Å². The van der Waals surface area contributed by atoms with Crippen molar-refractivity contribution >= 4 is 18.3 Å². The summed E-state index contributed by atoms with van der Waals surface area (Å²) in [6.45, 7) is 4.45. The third kappa shape index (κ3) is 3.64. The third-order valence-corrected chi connectivity index (χ3v) is 2.02. The van der Waals surface area contributed by atoms with Crippen LogP contribution in [0.1, 0.15) is 16.1 Å². The van der Waals surface area contributed by atoms with Gasteiger partial charge in [0.15, 0.2) is 0 Å². The van der Waals surface area contributed by atoms with Gasteiger partial charge in [0.25, 0.3) is 5.91 Å². The summed E-state index contributed by atoms with van der Waals surface area (Å²) in [5, 5.41) is 0. The monoisotopic (exact) mass is 241 g/mol. The molecule has 5 heteroatoms. The largest absolute Gasteiger partial charge is 0.338 e. The first-order valence-electron chi connectivity index (χ1n) is 4.70. The summed E-state index contributed by atoms with van der Waals surface area (Å²) in [6, 6.07) is 3.39. The van der Waals surface area contributed by atoms with Crippen molar-refractivity contribution in [1.29, 1.82) is 0 Å². The Morgan fingerprint density at radius 1 is 1.69 bits per heavy atom. The van der Waals surface area contributed by atoms with Gasteiger partial charge in [0, 0.05) is 31.9 Å². The van der Waals surface area contributed by atoms with E-state index in [0.717, 1.165) is 0 Å². The van der Waals surface area contributed by atoms with Crippen LogP contribution in [0.2, 0.25) is 0 Å². The van der Waals surface area contributed by atoms with Gasteiger partial charge in [-0.1, -0.05) is 6.08 Å². The molecule has 0 aliphatic rings. The lowest BCUT2D eigenvalue weighted by Crippen LogP contribution is -2.26. The Bertz CT molecular complexity index is 368. The summed E-state index contributed by atoms with van der Waals surface area (Å²) in [5.74, 6) is -0.0491. The summed E-state index contributed by atoms with van der Waals surface area (Å²) in [7, 11) is 1.73. The van der Waals surface area contributed by atoms with Gasteiger partial charge in [0.2, 0.25) is 0 Å². The van der Waals surface area contributed by atoms with Crippen molar-refractivity contribution in [1.82, 2.24) is 9.88 Å². The molecule has 1 aromatic heterocycles. The first kappa shape index (κ1) is 14.6. The van der Waals surface area contributed by atoms with E-state index in [-0.39, 0.29) is 18.3 Å². The van der Waals surface area contributed by atoms with Crippen LogP contribution in [-0.2, 0) is 6.54 Å². The molecule has 4 nitrogen and oxygen atoms in total. The number of carbonyl (C=O) groups excluding carboxylic acids is 1. The van der Waals surface area contributed by atoms with E-state index in [2.05, 4.69) is 11.6 Å². The van der Waals surface area contributed by atoms with E-state index in [0.29, 0.717) is 24.3 Å². The van der Waals surface area contributed by atoms with Gasteiger partial charge in [-0.3, -0.25) is 9.78 Å². The summed E-state index contributed by atoms with van der Waals surface area (Å²) < 4.78 is 0. The fourth-order valence-corrected chi connectivity index (χ4v) is 1.22. The van der Waals surface area contributed by atoms with Crippen molar-refractivity contribution in [3.8, 4) is 0 Å². The number of likely N-dealkylation sites (N-methyl/N-ethyl adjacent to an activating group) is 1. The van der Waals surface area contributed by atoms with Crippen LogP contribution < -0.4 is 5.73 Å². The molecule has 88 valence electrons. The fourth-order valence-electron chi connectivity index (χ4n) is 1.22. The molecule has 16 heavy (non-hydrogen) atoms. The van der Waals surface area contributed by atoms with E-state index in [1.807, 2.05) is 0 Å². The molecule has 0 unspecified atom stereocenters. The summed E-state index contributed by atoms with van der Waals surface area (Å²) >= 11 is 0. The number of pyridine rings is 1. The second-order valence-electron chi connectivity index (χ2n) is 3.21. The average molecular weight is 242 g/mol. The minimum Gasteiger partial charge on any atom is -0.338 e. The van der Waals surface area contributed by atoms with Crippen molar-refractivity contribution in [3.05, 3.63) is 42.2 Å². The van der Waals surface area contributed by atoms with Gasteiger partial charge in [0.1, 0.15) is 0 Å². The molecule has 0 radical (unpaired) electrons. The second kappa shape index (κ2) is 6.98. The van der Waals surface area contributed by atoms with Crippen molar-refractivity contribution in [2.75, 3.05) is 13.6 Å². The third-order valence-electron chi connectivity index (χ3n) is 2.02. The molecule has 0 aliphatic heterocycles. The quantitative estimate of drug-likeness (QED) is 0.807. The maximum Gasteiger partial charge on any atom is 0.253 e. The van der Waals surface area contributed by atoms with Crippen LogP contribution in [0.4, 0.5) is 0 Å². The zero-order valence-corrected chi connectivity index (χ0v) is 10.0. The molecule has 0 atom stereocenters. The minimum atomic E-state index is -0.0491. The van der Waals surface area contributed by atoms with Crippen LogP contribution in [0.15, 0.2) is 31.0 Å². The van der Waals surface area contributed by atoms with Crippen molar-refractivity contribution in [2.24, 2.45) is 5.73 Å². The number of hydrogen-bond acceptors (Lipinski definition) is 3. The van der Waals surface area contributed by atoms with E-state index in [4.69, 9.17) is 5.73 Å². The smallest absolute Gasteiger partial charge is 0.253 e. The molecular formula is C11H16ClN3O. The highest BCUT2D eigenvalue weighted by molar-refractivity contribution is 5.94. The summed E-state index contributed by atoms with van der Waals surface area (Å²) in [5.41, 5.74) is 6.77. The fraction of sp³-hybridized carbons (Fsp3) is 0.273. The number of carbonyl (C=O) groups is 1. The molecule has 1 amide bonds. The van der Waals surface area contributed by atoms with Crippen LogP contribution >= 0.6 is 12.4 Å². The lowest BCUT2D eigenvalue weighted by molar-refractivity contribution is 0.0810. The van der Waals surface area contributed by atoms with Crippen molar-refractivity contribution in [2.45, 2.75) is 6.54 Å². The van der Waals surface area contributed by atoms with Crippen LogP contribution in [0.3, 0.4) is 0 Å². The summed E-state index contributed by atoms with van der Waals surface area (Å²) in [4.78, 5) is 17.4. The van der Waals surface area contributed by atoms with Gasteiger partial charge in [-0.15, -0.1) is 19.0 Å². The molecule has 0 saturated carbocycles. The normalized spacial score (nSPS) is 9.12. The number of nitrogens with two attached hydrogens (primary N) is 1. The predicted octanol–water partition coefficient (Wildman–Crippen LogP) is 1.22. The first-order valence-corrected chi connectivity index (χ1v) is 4.70. The zero-order valence-electron chi connectivity index (χ0n) is 9.22. The lowest BCUT2D eigenvalue weighted by Gasteiger charge is -2.14. The number of rotatable bonds is 4. The number of aromatic nitrogens is 1. The molecule has 1 rings (SSSR count). The average Bonchev–Trinajstić information content (AvgIpc) is 2.28.